The van der Waals surface area contributed by atoms with Crippen LogP contribution in [-0.4, -0.2) is 43.7 Å². The fourth-order valence-corrected chi connectivity index (χ4v) is 2.81. The predicted molar refractivity (Wildman–Crippen MR) is 113 cm³/mol. The lowest BCUT2D eigenvalue weighted by molar-refractivity contribution is -0.919. The second kappa shape index (κ2) is 17.1. The van der Waals surface area contributed by atoms with E-state index in [0.717, 1.165) is 17.3 Å². The van der Waals surface area contributed by atoms with Crippen molar-refractivity contribution in [3.63, 3.8) is 0 Å². The van der Waals surface area contributed by atoms with Crippen molar-refractivity contribution in [1.82, 2.24) is 0 Å². The van der Waals surface area contributed by atoms with Crippen molar-refractivity contribution in [2.75, 3.05) is 27.7 Å². The number of hydrogen-bond donors (Lipinski definition) is 0. The predicted octanol–water partition coefficient (Wildman–Crippen LogP) is 3.50. The van der Waals surface area contributed by atoms with Crippen LogP contribution in [0.2, 0.25) is 0 Å². The molecular weight excluding hydrogens is 449 g/mol. The lowest BCUT2D eigenvalue weighted by Crippen LogP contribution is -3.00. The highest BCUT2D eigenvalue weighted by molar-refractivity contribution is 5.69. The molecular formula is C23H48INO2. The van der Waals surface area contributed by atoms with E-state index in [1.165, 1.54) is 70.6 Å². The van der Waals surface area contributed by atoms with Gasteiger partial charge in [-0.05, 0) is 20.3 Å². The number of hydrogen-bond acceptors (Lipinski definition) is 2. The van der Waals surface area contributed by atoms with E-state index in [9.17, 15) is 4.79 Å². The third-order valence-electron chi connectivity index (χ3n) is 5.89. The summed E-state index contributed by atoms with van der Waals surface area (Å²) in [6.07, 6.45) is 17.9. The lowest BCUT2D eigenvalue weighted by atomic mass is 10.0. The molecule has 0 saturated carbocycles. The van der Waals surface area contributed by atoms with Crippen molar-refractivity contribution >= 4 is 5.97 Å². The molecule has 0 bridgehead atoms. The molecule has 0 N–H and O–H groups in total. The van der Waals surface area contributed by atoms with Gasteiger partial charge < -0.3 is 33.2 Å². The number of rotatable bonds is 17. The first-order valence-corrected chi connectivity index (χ1v) is 11.2. The van der Waals surface area contributed by atoms with Gasteiger partial charge in [0, 0.05) is 6.42 Å². The van der Waals surface area contributed by atoms with Crippen molar-refractivity contribution in [2.45, 2.75) is 116 Å². The molecule has 0 aliphatic rings. The van der Waals surface area contributed by atoms with Crippen LogP contribution in [0.5, 0.6) is 0 Å². The standard InChI is InChI=1S/C23H48NO2.HI/c1-7-8-9-10-11-12-13-14-15-16-17-18-19-20-22(25)26-21-23(2,3)24(4,5)6;/h7-21H2,1-6H3;1H/q+1;/p-1. The molecule has 164 valence electrons. The largest absolute Gasteiger partial charge is 1.00 e. The minimum absolute atomic E-state index is 0. The Bertz CT molecular complexity index is 351. The molecule has 0 aromatic rings. The zero-order valence-corrected chi connectivity index (χ0v) is 21.4. The molecule has 0 unspecified atom stereocenters. The van der Waals surface area contributed by atoms with Gasteiger partial charge in [0.05, 0.1) is 21.1 Å². The Morgan fingerprint density at radius 1 is 0.741 bits per heavy atom. The SMILES string of the molecule is CCCCCCCCCCCCCCCC(=O)OCC(C)(C)[N+](C)(C)C.[I-]. The Kier molecular flexibility index (Phi) is 18.5. The van der Waals surface area contributed by atoms with Crippen LogP contribution >= 0.6 is 0 Å². The molecule has 0 aliphatic carbocycles. The minimum Gasteiger partial charge on any atom is -1.00 e. The Labute approximate surface area is 187 Å². The summed E-state index contributed by atoms with van der Waals surface area (Å²) in [5, 5.41) is 0. The number of nitrogens with zero attached hydrogens (tertiary/aromatic N) is 1. The van der Waals surface area contributed by atoms with E-state index >= 15 is 0 Å². The van der Waals surface area contributed by atoms with Crippen LogP contribution in [0.3, 0.4) is 0 Å². The van der Waals surface area contributed by atoms with Crippen LogP contribution in [0, 0.1) is 0 Å². The number of quaternary nitrogens is 1. The summed E-state index contributed by atoms with van der Waals surface area (Å²) in [6, 6.07) is 0. The Balaban J connectivity index is 0. The highest BCUT2D eigenvalue weighted by Gasteiger charge is 2.34. The normalized spacial score (nSPS) is 11.9. The van der Waals surface area contributed by atoms with E-state index in [4.69, 9.17) is 4.74 Å². The van der Waals surface area contributed by atoms with Crippen molar-refractivity contribution in [1.29, 1.82) is 0 Å². The molecule has 0 saturated heterocycles. The number of likely N-dealkylation sites (N-methyl/N-ethyl adjacent to an activating group) is 1. The summed E-state index contributed by atoms with van der Waals surface area (Å²) in [4.78, 5) is 11.9. The van der Waals surface area contributed by atoms with Gasteiger partial charge in [-0.25, -0.2) is 0 Å². The van der Waals surface area contributed by atoms with Crippen LogP contribution in [0.1, 0.15) is 111 Å². The first-order valence-electron chi connectivity index (χ1n) is 11.2. The molecule has 0 heterocycles. The Hall–Kier alpha value is 0.160. The quantitative estimate of drug-likeness (QED) is 0.133. The van der Waals surface area contributed by atoms with Gasteiger partial charge >= 0.3 is 5.97 Å². The second-order valence-electron chi connectivity index (χ2n) is 9.48. The molecule has 0 rings (SSSR count). The molecule has 4 heteroatoms. The second-order valence-corrected chi connectivity index (χ2v) is 9.48. The summed E-state index contributed by atoms with van der Waals surface area (Å²) < 4.78 is 6.28. The smallest absolute Gasteiger partial charge is 0.306 e. The van der Waals surface area contributed by atoms with Crippen LogP contribution in [-0.2, 0) is 9.53 Å². The van der Waals surface area contributed by atoms with E-state index in [1.54, 1.807) is 0 Å². The molecule has 0 atom stereocenters. The summed E-state index contributed by atoms with van der Waals surface area (Å²) in [7, 11) is 6.42. The third-order valence-corrected chi connectivity index (χ3v) is 5.89. The first kappa shape index (κ1) is 29.4. The maximum atomic E-state index is 11.9. The molecule has 0 aromatic carbocycles. The number of carbonyl (C=O) groups is 1. The van der Waals surface area contributed by atoms with E-state index in [-0.39, 0.29) is 35.5 Å². The summed E-state index contributed by atoms with van der Waals surface area (Å²) >= 11 is 0. The zero-order valence-electron chi connectivity index (χ0n) is 19.2. The fourth-order valence-electron chi connectivity index (χ4n) is 2.81. The molecule has 3 nitrogen and oxygen atoms in total. The summed E-state index contributed by atoms with van der Waals surface area (Å²) in [6.45, 7) is 7.06. The van der Waals surface area contributed by atoms with Crippen molar-refractivity contribution in [3.8, 4) is 0 Å². The summed E-state index contributed by atoms with van der Waals surface area (Å²) in [5.41, 5.74) is -0.0499. The van der Waals surface area contributed by atoms with Gasteiger partial charge in [-0.3, -0.25) is 4.79 Å². The van der Waals surface area contributed by atoms with Gasteiger partial charge in [-0.1, -0.05) is 84.0 Å². The molecule has 0 aromatic heterocycles. The van der Waals surface area contributed by atoms with Crippen LogP contribution in [0.15, 0.2) is 0 Å². The highest BCUT2D eigenvalue weighted by atomic mass is 127. The molecule has 0 amide bonds. The molecule has 0 aliphatic heterocycles. The van der Waals surface area contributed by atoms with Crippen molar-refractivity contribution in [2.24, 2.45) is 0 Å². The minimum atomic E-state index is -0.0499. The molecule has 0 fully saturated rings. The van der Waals surface area contributed by atoms with Crippen LogP contribution < -0.4 is 24.0 Å². The van der Waals surface area contributed by atoms with Crippen molar-refractivity contribution < 1.29 is 38.0 Å². The van der Waals surface area contributed by atoms with Gasteiger partial charge in [0.25, 0.3) is 0 Å². The van der Waals surface area contributed by atoms with Crippen LogP contribution in [0.25, 0.3) is 0 Å². The van der Waals surface area contributed by atoms with Crippen LogP contribution in [0.4, 0.5) is 0 Å². The maximum absolute atomic E-state index is 11.9. The average Bonchev–Trinajstić information content (AvgIpc) is 2.56. The van der Waals surface area contributed by atoms with Gasteiger partial charge in [0.1, 0.15) is 12.1 Å². The molecule has 27 heavy (non-hydrogen) atoms. The highest BCUT2D eigenvalue weighted by Crippen LogP contribution is 2.18. The number of ether oxygens (including phenoxy) is 1. The van der Waals surface area contributed by atoms with Gasteiger partial charge in [-0.15, -0.1) is 0 Å². The van der Waals surface area contributed by atoms with Gasteiger partial charge in [0.2, 0.25) is 0 Å². The zero-order chi connectivity index (χ0) is 19.9. The van der Waals surface area contributed by atoms with E-state index in [0.29, 0.717) is 13.0 Å². The van der Waals surface area contributed by atoms with E-state index in [1.807, 2.05) is 0 Å². The van der Waals surface area contributed by atoms with Gasteiger partial charge in [0.15, 0.2) is 0 Å². The Morgan fingerprint density at radius 2 is 1.11 bits per heavy atom. The molecule has 0 radical (unpaired) electrons. The number of halogens is 1. The molecule has 0 spiro atoms. The monoisotopic (exact) mass is 497 g/mol. The number of unbranched alkanes of at least 4 members (excludes halogenated alkanes) is 12. The summed E-state index contributed by atoms with van der Waals surface area (Å²) in [5.74, 6) is -0.0328. The van der Waals surface area contributed by atoms with Gasteiger partial charge in [-0.2, -0.15) is 0 Å². The van der Waals surface area contributed by atoms with E-state index < -0.39 is 0 Å². The van der Waals surface area contributed by atoms with E-state index in [2.05, 4.69) is 41.9 Å². The lowest BCUT2D eigenvalue weighted by Gasteiger charge is -2.40. The number of carbonyl (C=O) groups excluding carboxylic acids is 1. The Morgan fingerprint density at radius 3 is 1.48 bits per heavy atom. The first-order chi connectivity index (χ1) is 12.2. The topological polar surface area (TPSA) is 26.3 Å². The third kappa shape index (κ3) is 16.8. The maximum Gasteiger partial charge on any atom is 0.306 e. The number of esters is 1. The van der Waals surface area contributed by atoms with Crippen molar-refractivity contribution in [3.05, 3.63) is 0 Å². The average molecular weight is 498 g/mol. The fraction of sp³-hybridized carbons (Fsp3) is 0.957.